The van der Waals surface area contributed by atoms with Crippen LogP contribution >= 0.6 is 0 Å². The summed E-state index contributed by atoms with van der Waals surface area (Å²) in [5.41, 5.74) is 1.42. The molecule has 3 rings (SSSR count). The minimum atomic E-state index is 0.494. The third-order valence-electron chi connectivity index (χ3n) is 4.08. The second kappa shape index (κ2) is 6.72. The number of nitrogens with one attached hydrogen (secondary N) is 2. The molecule has 0 radical (unpaired) electrons. The molecule has 2 N–H and O–H groups in total. The fourth-order valence-corrected chi connectivity index (χ4v) is 2.82. The highest BCUT2D eigenvalue weighted by Gasteiger charge is 2.19. The second-order valence-electron chi connectivity index (χ2n) is 5.74. The standard InChI is InChI=1S/C16H23N5/c1-13-17-16(20-19-13)18-15-8-11-21(12-9-15)10-7-14-5-3-2-4-6-14/h2-6,15H,7-12H2,1H3,(H2,17,18,19,20). The van der Waals surface area contributed by atoms with Crippen molar-refractivity contribution in [1.82, 2.24) is 20.1 Å². The fourth-order valence-electron chi connectivity index (χ4n) is 2.82. The van der Waals surface area contributed by atoms with Crippen LogP contribution in [-0.2, 0) is 6.42 Å². The zero-order valence-corrected chi connectivity index (χ0v) is 12.5. The van der Waals surface area contributed by atoms with E-state index in [1.165, 1.54) is 5.56 Å². The number of H-pyrrole nitrogens is 1. The maximum atomic E-state index is 4.31. The van der Waals surface area contributed by atoms with Gasteiger partial charge in [-0.2, -0.15) is 4.98 Å². The molecular weight excluding hydrogens is 262 g/mol. The van der Waals surface area contributed by atoms with Crippen molar-refractivity contribution in [3.63, 3.8) is 0 Å². The Labute approximate surface area is 125 Å². The van der Waals surface area contributed by atoms with E-state index in [0.29, 0.717) is 6.04 Å². The van der Waals surface area contributed by atoms with E-state index in [2.05, 4.69) is 55.7 Å². The molecule has 0 saturated carbocycles. The predicted molar refractivity (Wildman–Crippen MR) is 84.4 cm³/mol. The summed E-state index contributed by atoms with van der Waals surface area (Å²) in [5.74, 6) is 1.59. The van der Waals surface area contributed by atoms with Gasteiger partial charge in [0.15, 0.2) is 0 Å². The van der Waals surface area contributed by atoms with E-state index < -0.39 is 0 Å². The number of aromatic amines is 1. The Morgan fingerprint density at radius 3 is 2.67 bits per heavy atom. The van der Waals surface area contributed by atoms with Crippen molar-refractivity contribution in [3.8, 4) is 0 Å². The summed E-state index contributed by atoms with van der Waals surface area (Å²) in [6, 6.07) is 11.2. The minimum absolute atomic E-state index is 0.494. The molecule has 0 unspecified atom stereocenters. The first-order valence-electron chi connectivity index (χ1n) is 7.71. The fraction of sp³-hybridized carbons (Fsp3) is 0.500. The molecule has 1 aliphatic heterocycles. The lowest BCUT2D eigenvalue weighted by Crippen LogP contribution is -2.40. The van der Waals surface area contributed by atoms with E-state index in [1.54, 1.807) is 0 Å². The van der Waals surface area contributed by atoms with E-state index in [9.17, 15) is 0 Å². The molecule has 1 saturated heterocycles. The van der Waals surface area contributed by atoms with Crippen LogP contribution in [0.15, 0.2) is 30.3 Å². The number of likely N-dealkylation sites (tertiary alicyclic amines) is 1. The summed E-state index contributed by atoms with van der Waals surface area (Å²) >= 11 is 0. The molecule has 5 heteroatoms. The summed E-state index contributed by atoms with van der Waals surface area (Å²) in [5, 5.41) is 10.4. The maximum absolute atomic E-state index is 4.31. The van der Waals surface area contributed by atoms with Crippen LogP contribution in [0.25, 0.3) is 0 Å². The quantitative estimate of drug-likeness (QED) is 0.884. The van der Waals surface area contributed by atoms with Gasteiger partial charge in [0.2, 0.25) is 5.95 Å². The van der Waals surface area contributed by atoms with Gasteiger partial charge >= 0.3 is 0 Å². The lowest BCUT2D eigenvalue weighted by atomic mass is 10.0. The van der Waals surface area contributed by atoms with Crippen LogP contribution < -0.4 is 5.32 Å². The summed E-state index contributed by atoms with van der Waals surface area (Å²) < 4.78 is 0. The van der Waals surface area contributed by atoms with Crippen LogP contribution in [0, 0.1) is 6.92 Å². The monoisotopic (exact) mass is 285 g/mol. The third-order valence-corrected chi connectivity index (χ3v) is 4.08. The van der Waals surface area contributed by atoms with Crippen LogP contribution in [-0.4, -0.2) is 45.8 Å². The van der Waals surface area contributed by atoms with Crippen molar-refractivity contribution < 1.29 is 0 Å². The highest BCUT2D eigenvalue weighted by atomic mass is 15.3. The van der Waals surface area contributed by atoms with Gasteiger partial charge < -0.3 is 10.2 Å². The van der Waals surface area contributed by atoms with Gasteiger partial charge in [0, 0.05) is 25.7 Å². The van der Waals surface area contributed by atoms with E-state index in [-0.39, 0.29) is 0 Å². The first-order valence-corrected chi connectivity index (χ1v) is 7.71. The van der Waals surface area contributed by atoms with Crippen molar-refractivity contribution in [2.24, 2.45) is 0 Å². The number of piperidine rings is 1. The number of anilines is 1. The van der Waals surface area contributed by atoms with Crippen molar-refractivity contribution in [2.75, 3.05) is 25.0 Å². The summed E-state index contributed by atoms with van der Waals surface area (Å²) in [4.78, 5) is 6.86. The summed E-state index contributed by atoms with van der Waals surface area (Å²) in [7, 11) is 0. The number of nitrogens with zero attached hydrogens (tertiary/aromatic N) is 3. The van der Waals surface area contributed by atoms with Crippen molar-refractivity contribution >= 4 is 5.95 Å². The third kappa shape index (κ3) is 4.04. The molecule has 5 nitrogen and oxygen atoms in total. The van der Waals surface area contributed by atoms with Gasteiger partial charge in [-0.3, -0.25) is 5.10 Å². The van der Waals surface area contributed by atoms with Gasteiger partial charge in [-0.15, -0.1) is 5.10 Å². The van der Waals surface area contributed by atoms with E-state index in [1.807, 2.05) is 6.92 Å². The predicted octanol–water partition coefficient (Wildman–Crippen LogP) is 2.23. The Hall–Kier alpha value is -1.88. The smallest absolute Gasteiger partial charge is 0.242 e. The Morgan fingerprint density at radius 2 is 2.00 bits per heavy atom. The lowest BCUT2D eigenvalue weighted by Gasteiger charge is -2.32. The zero-order chi connectivity index (χ0) is 14.5. The molecule has 21 heavy (non-hydrogen) atoms. The normalized spacial score (nSPS) is 17.0. The van der Waals surface area contributed by atoms with Gasteiger partial charge in [0.05, 0.1) is 0 Å². The molecule has 0 amide bonds. The summed E-state index contributed by atoms with van der Waals surface area (Å²) in [6.07, 6.45) is 3.45. The van der Waals surface area contributed by atoms with E-state index in [4.69, 9.17) is 0 Å². The number of hydrogen-bond donors (Lipinski definition) is 2. The number of rotatable bonds is 5. The average molecular weight is 285 g/mol. The van der Waals surface area contributed by atoms with Crippen molar-refractivity contribution in [2.45, 2.75) is 32.2 Å². The topological polar surface area (TPSA) is 56.8 Å². The van der Waals surface area contributed by atoms with Crippen LogP contribution in [0.2, 0.25) is 0 Å². The van der Waals surface area contributed by atoms with E-state index in [0.717, 1.165) is 50.7 Å². The Kier molecular flexibility index (Phi) is 4.50. The highest BCUT2D eigenvalue weighted by Crippen LogP contribution is 2.14. The van der Waals surface area contributed by atoms with Gasteiger partial charge in [-0.1, -0.05) is 30.3 Å². The van der Waals surface area contributed by atoms with Gasteiger partial charge in [0.1, 0.15) is 5.82 Å². The lowest BCUT2D eigenvalue weighted by molar-refractivity contribution is 0.221. The van der Waals surface area contributed by atoms with Crippen LogP contribution in [0.5, 0.6) is 0 Å². The van der Waals surface area contributed by atoms with Gasteiger partial charge in [-0.05, 0) is 31.7 Å². The molecule has 1 aromatic carbocycles. The molecule has 0 bridgehead atoms. The highest BCUT2D eigenvalue weighted by molar-refractivity contribution is 5.24. The van der Waals surface area contributed by atoms with Gasteiger partial charge in [-0.25, -0.2) is 0 Å². The zero-order valence-electron chi connectivity index (χ0n) is 12.5. The number of aromatic nitrogens is 3. The Bertz CT molecular complexity index is 543. The molecule has 0 atom stereocenters. The number of aryl methyl sites for hydroxylation is 1. The molecular formula is C16H23N5. The van der Waals surface area contributed by atoms with Crippen LogP contribution in [0.4, 0.5) is 5.95 Å². The summed E-state index contributed by atoms with van der Waals surface area (Å²) in [6.45, 7) is 5.36. The van der Waals surface area contributed by atoms with Crippen molar-refractivity contribution in [3.05, 3.63) is 41.7 Å². The molecule has 2 aromatic rings. The van der Waals surface area contributed by atoms with E-state index >= 15 is 0 Å². The SMILES string of the molecule is Cc1nc(NC2CCN(CCc3ccccc3)CC2)n[nH]1. The van der Waals surface area contributed by atoms with Crippen LogP contribution in [0.1, 0.15) is 24.2 Å². The molecule has 112 valence electrons. The molecule has 1 fully saturated rings. The average Bonchev–Trinajstić information content (AvgIpc) is 2.93. The second-order valence-corrected chi connectivity index (χ2v) is 5.74. The van der Waals surface area contributed by atoms with Crippen molar-refractivity contribution in [1.29, 1.82) is 0 Å². The Balaban J connectivity index is 1.40. The molecule has 1 aliphatic rings. The first-order chi connectivity index (χ1) is 10.3. The first kappa shape index (κ1) is 14.1. The van der Waals surface area contributed by atoms with Gasteiger partial charge in [0.25, 0.3) is 0 Å². The van der Waals surface area contributed by atoms with Crippen LogP contribution in [0.3, 0.4) is 0 Å². The molecule has 0 spiro atoms. The minimum Gasteiger partial charge on any atom is -0.350 e. The molecule has 1 aromatic heterocycles. The Morgan fingerprint density at radius 1 is 1.24 bits per heavy atom. The number of benzene rings is 1. The number of hydrogen-bond acceptors (Lipinski definition) is 4. The largest absolute Gasteiger partial charge is 0.350 e. The molecule has 2 heterocycles. The molecule has 0 aliphatic carbocycles. The maximum Gasteiger partial charge on any atom is 0.242 e.